The Morgan fingerprint density at radius 1 is 0.667 bits per heavy atom. The van der Waals surface area contributed by atoms with E-state index in [-0.39, 0.29) is 37.8 Å². The highest BCUT2D eigenvalue weighted by atomic mass is 19.1. The van der Waals surface area contributed by atoms with E-state index < -0.39 is 17.4 Å². The number of likely N-dealkylation sites (tertiary alicyclic amines) is 1. The molecule has 256 valence electrons. The lowest BCUT2D eigenvalue weighted by molar-refractivity contribution is -0.178. The van der Waals surface area contributed by atoms with Crippen LogP contribution in [-0.2, 0) is 38.8 Å². The number of esters is 2. The van der Waals surface area contributed by atoms with Crippen molar-refractivity contribution in [2.24, 2.45) is 5.41 Å². The number of halogens is 1. The lowest BCUT2D eigenvalue weighted by atomic mass is 9.78. The summed E-state index contributed by atoms with van der Waals surface area (Å²) in [6.45, 7) is 1.82. The summed E-state index contributed by atoms with van der Waals surface area (Å²) in [7, 11) is 0. The molecule has 1 saturated heterocycles. The smallest absolute Gasteiger partial charge is 0.323 e. The standard InChI is InChI=1S/C42H36FN3O5/c43-37-26-35(20-21-36(37)33-14-8-3-9-15-33)39-44-38(45-51-39)34-18-16-30(17-19-34)27-46-24-22-42(23-25-46,40(47)49-28-31-10-4-1-5-11-31)41(48)50-29-32-12-6-2-7-13-32/h1-21,26H,22-25,27-29H2. The molecule has 8 nitrogen and oxygen atoms in total. The summed E-state index contributed by atoms with van der Waals surface area (Å²) in [5, 5.41) is 4.13. The van der Waals surface area contributed by atoms with E-state index in [1.54, 1.807) is 12.1 Å². The molecule has 0 atom stereocenters. The highest BCUT2D eigenvalue weighted by Crippen LogP contribution is 2.36. The normalized spacial score (nSPS) is 14.1. The third-order valence-corrected chi connectivity index (χ3v) is 9.26. The van der Waals surface area contributed by atoms with E-state index in [1.807, 2.05) is 115 Å². The van der Waals surface area contributed by atoms with Crippen LogP contribution in [-0.4, -0.2) is 40.1 Å². The van der Waals surface area contributed by atoms with E-state index in [2.05, 4.69) is 15.0 Å². The molecule has 0 radical (unpaired) electrons. The molecule has 1 aliphatic rings. The molecular formula is C42H36FN3O5. The number of ether oxygens (including phenoxy) is 2. The number of rotatable bonds is 11. The van der Waals surface area contributed by atoms with Crippen molar-refractivity contribution >= 4 is 11.9 Å². The SMILES string of the molecule is O=C(OCc1ccccc1)C1(C(=O)OCc2ccccc2)CCN(Cc2ccc(-c3noc(-c4ccc(-c5ccccc5)c(F)c4)n3)cc2)CC1. The van der Waals surface area contributed by atoms with Crippen LogP contribution in [0.2, 0.25) is 0 Å². The fraction of sp³-hybridized carbons (Fsp3) is 0.190. The maximum absolute atomic E-state index is 15.0. The van der Waals surface area contributed by atoms with E-state index in [9.17, 15) is 14.0 Å². The monoisotopic (exact) mass is 681 g/mol. The van der Waals surface area contributed by atoms with Gasteiger partial charge in [-0.1, -0.05) is 126 Å². The fourth-order valence-corrected chi connectivity index (χ4v) is 6.28. The van der Waals surface area contributed by atoms with Crippen molar-refractivity contribution in [3.05, 3.63) is 156 Å². The Balaban J connectivity index is 0.986. The lowest BCUT2D eigenvalue weighted by Crippen LogP contribution is -2.50. The number of aromatic nitrogens is 2. The Morgan fingerprint density at radius 3 is 1.78 bits per heavy atom. The lowest BCUT2D eigenvalue weighted by Gasteiger charge is -2.38. The molecule has 1 aromatic heterocycles. The number of hydrogen-bond acceptors (Lipinski definition) is 8. The van der Waals surface area contributed by atoms with Crippen molar-refractivity contribution < 1.29 is 28.0 Å². The maximum Gasteiger partial charge on any atom is 0.323 e. The second-order valence-electron chi connectivity index (χ2n) is 12.7. The van der Waals surface area contributed by atoms with Gasteiger partial charge in [0.2, 0.25) is 5.82 Å². The highest BCUT2D eigenvalue weighted by Gasteiger charge is 2.50. The van der Waals surface area contributed by atoms with Crippen molar-refractivity contribution in [2.75, 3.05) is 13.1 Å². The molecule has 0 spiro atoms. The number of piperidine rings is 1. The van der Waals surface area contributed by atoms with Gasteiger partial charge in [-0.2, -0.15) is 4.98 Å². The summed E-state index contributed by atoms with van der Waals surface area (Å²) >= 11 is 0. The first-order valence-electron chi connectivity index (χ1n) is 16.9. The number of benzene rings is 5. The number of hydrogen-bond donors (Lipinski definition) is 0. The minimum atomic E-state index is -1.38. The van der Waals surface area contributed by atoms with Crippen molar-refractivity contribution in [2.45, 2.75) is 32.6 Å². The largest absolute Gasteiger partial charge is 0.460 e. The summed E-state index contributed by atoms with van der Waals surface area (Å²) in [6.07, 6.45) is 0.565. The second kappa shape index (κ2) is 15.3. The molecule has 5 aromatic carbocycles. The van der Waals surface area contributed by atoms with Gasteiger partial charge < -0.3 is 14.0 Å². The van der Waals surface area contributed by atoms with Crippen molar-refractivity contribution in [1.82, 2.24) is 15.0 Å². The fourth-order valence-electron chi connectivity index (χ4n) is 6.28. The van der Waals surface area contributed by atoms with Crippen molar-refractivity contribution in [1.29, 1.82) is 0 Å². The van der Waals surface area contributed by atoms with Crippen LogP contribution in [0.15, 0.2) is 138 Å². The van der Waals surface area contributed by atoms with E-state index in [1.165, 1.54) is 6.07 Å². The van der Waals surface area contributed by atoms with Crippen LogP contribution >= 0.6 is 0 Å². The zero-order valence-electron chi connectivity index (χ0n) is 27.9. The van der Waals surface area contributed by atoms with Gasteiger partial charge in [0.05, 0.1) is 0 Å². The maximum atomic E-state index is 15.0. The van der Waals surface area contributed by atoms with Crippen LogP contribution in [0, 0.1) is 11.2 Å². The zero-order valence-corrected chi connectivity index (χ0v) is 27.9. The number of carbonyl (C=O) groups is 2. The van der Waals surface area contributed by atoms with Crippen LogP contribution in [0.1, 0.15) is 29.5 Å². The van der Waals surface area contributed by atoms with E-state index in [4.69, 9.17) is 14.0 Å². The summed E-state index contributed by atoms with van der Waals surface area (Å²) in [4.78, 5) is 33.9. The predicted octanol–water partition coefficient (Wildman–Crippen LogP) is 8.28. The van der Waals surface area contributed by atoms with Crippen molar-refractivity contribution in [3.8, 4) is 34.0 Å². The summed E-state index contributed by atoms with van der Waals surface area (Å²) < 4.78 is 31.9. The van der Waals surface area contributed by atoms with Crippen LogP contribution < -0.4 is 0 Å². The Bertz CT molecular complexity index is 2020. The number of nitrogens with zero attached hydrogens (tertiary/aromatic N) is 3. The van der Waals surface area contributed by atoms with Gasteiger partial charge in [-0.05, 0) is 47.2 Å². The molecule has 2 heterocycles. The highest BCUT2D eigenvalue weighted by molar-refractivity contribution is 6.00. The van der Waals surface area contributed by atoms with Gasteiger partial charge in [0.1, 0.15) is 19.0 Å². The van der Waals surface area contributed by atoms with Crippen LogP contribution in [0.5, 0.6) is 0 Å². The summed E-state index contributed by atoms with van der Waals surface area (Å²) in [6, 6.07) is 40.9. The van der Waals surface area contributed by atoms with E-state index in [0.29, 0.717) is 36.6 Å². The van der Waals surface area contributed by atoms with Gasteiger partial charge in [-0.25, -0.2) is 4.39 Å². The first-order chi connectivity index (χ1) is 25.0. The molecule has 1 fully saturated rings. The second-order valence-corrected chi connectivity index (χ2v) is 12.7. The molecule has 0 saturated carbocycles. The van der Waals surface area contributed by atoms with Crippen LogP contribution in [0.25, 0.3) is 34.0 Å². The van der Waals surface area contributed by atoms with Gasteiger partial charge in [-0.15, -0.1) is 0 Å². The molecule has 1 aliphatic heterocycles. The van der Waals surface area contributed by atoms with Gasteiger partial charge in [0.25, 0.3) is 5.89 Å². The molecule has 0 bridgehead atoms. The molecule has 0 N–H and O–H groups in total. The van der Waals surface area contributed by atoms with Gasteiger partial charge in [0.15, 0.2) is 5.41 Å². The molecular weight excluding hydrogens is 645 g/mol. The predicted molar refractivity (Wildman–Crippen MR) is 190 cm³/mol. The average molecular weight is 682 g/mol. The van der Waals surface area contributed by atoms with Crippen LogP contribution in [0.4, 0.5) is 4.39 Å². The van der Waals surface area contributed by atoms with Gasteiger partial charge >= 0.3 is 11.9 Å². The molecule has 0 aliphatic carbocycles. The average Bonchev–Trinajstić information content (AvgIpc) is 3.68. The Kier molecular flexibility index (Phi) is 10.1. The first kappa shape index (κ1) is 33.6. The van der Waals surface area contributed by atoms with Crippen LogP contribution in [0.3, 0.4) is 0 Å². The molecule has 0 unspecified atom stereocenters. The Labute approximate surface area is 295 Å². The van der Waals surface area contributed by atoms with Gasteiger partial charge in [0, 0.05) is 36.3 Å². The number of carbonyl (C=O) groups excluding carboxylic acids is 2. The van der Waals surface area contributed by atoms with Crippen molar-refractivity contribution in [3.63, 3.8) is 0 Å². The third kappa shape index (κ3) is 7.79. The third-order valence-electron chi connectivity index (χ3n) is 9.26. The summed E-state index contributed by atoms with van der Waals surface area (Å²) in [5.41, 5.74) is 3.91. The quantitative estimate of drug-likeness (QED) is 0.0997. The Hall–Kier alpha value is -5.93. The van der Waals surface area contributed by atoms with Gasteiger partial charge in [-0.3, -0.25) is 14.5 Å². The zero-order chi connectivity index (χ0) is 35.0. The molecule has 0 amide bonds. The Morgan fingerprint density at radius 2 is 1.22 bits per heavy atom. The minimum absolute atomic E-state index is 0.0861. The minimum Gasteiger partial charge on any atom is -0.460 e. The molecule has 6 aromatic rings. The van der Waals surface area contributed by atoms with E-state index in [0.717, 1.165) is 27.8 Å². The topological polar surface area (TPSA) is 94.8 Å². The molecule has 9 heteroatoms. The van der Waals surface area contributed by atoms with E-state index >= 15 is 0 Å². The first-order valence-corrected chi connectivity index (χ1v) is 16.9. The molecule has 51 heavy (non-hydrogen) atoms. The molecule has 7 rings (SSSR count). The summed E-state index contributed by atoms with van der Waals surface area (Å²) in [5.74, 6) is -0.847.